The molecule has 21 heavy (non-hydrogen) atoms. The maximum atomic E-state index is 5.33. The predicted octanol–water partition coefficient (Wildman–Crippen LogP) is 2.93. The third-order valence-electron chi connectivity index (χ3n) is 2.85. The molecule has 0 unspecified atom stereocenters. The minimum absolute atomic E-state index is 0.556. The number of guanidine groups is 1. The molecule has 0 bridgehead atoms. The summed E-state index contributed by atoms with van der Waals surface area (Å²) < 4.78 is 11.6. The van der Waals surface area contributed by atoms with Crippen LogP contribution >= 0.6 is 15.9 Å². The van der Waals surface area contributed by atoms with Gasteiger partial charge in [0.25, 0.3) is 0 Å². The van der Waals surface area contributed by atoms with Crippen molar-refractivity contribution in [3.8, 4) is 11.5 Å². The van der Waals surface area contributed by atoms with Crippen molar-refractivity contribution in [3.05, 3.63) is 22.2 Å². The van der Waals surface area contributed by atoms with E-state index in [4.69, 9.17) is 9.47 Å². The average molecular weight is 358 g/mol. The fourth-order valence-electron chi connectivity index (χ4n) is 1.77. The SMILES string of the molecule is CCCNC(=NCc1cc(OC)c(OC)cc1Br)NCC. The molecular weight excluding hydrogens is 334 g/mol. The summed E-state index contributed by atoms with van der Waals surface area (Å²) in [6, 6.07) is 3.84. The third-order valence-corrected chi connectivity index (χ3v) is 3.58. The lowest BCUT2D eigenvalue weighted by Gasteiger charge is -2.13. The first kappa shape index (κ1) is 17.6. The van der Waals surface area contributed by atoms with Crippen LogP contribution in [0.15, 0.2) is 21.6 Å². The summed E-state index contributed by atoms with van der Waals surface area (Å²) in [5.41, 5.74) is 1.04. The van der Waals surface area contributed by atoms with Crippen molar-refractivity contribution in [2.75, 3.05) is 27.3 Å². The van der Waals surface area contributed by atoms with Gasteiger partial charge in [-0.1, -0.05) is 22.9 Å². The number of aliphatic imine (C=N–C) groups is 1. The maximum absolute atomic E-state index is 5.33. The molecule has 0 spiro atoms. The summed E-state index contributed by atoms with van der Waals surface area (Å²) >= 11 is 3.55. The number of ether oxygens (including phenoxy) is 2. The van der Waals surface area contributed by atoms with Crippen LogP contribution in [0.4, 0.5) is 0 Å². The molecular formula is C15H24BrN3O2. The van der Waals surface area contributed by atoms with E-state index in [1.807, 2.05) is 12.1 Å². The normalized spacial score (nSPS) is 11.2. The van der Waals surface area contributed by atoms with E-state index in [9.17, 15) is 0 Å². The van der Waals surface area contributed by atoms with Crippen LogP contribution in [0.1, 0.15) is 25.8 Å². The zero-order valence-electron chi connectivity index (χ0n) is 13.1. The van der Waals surface area contributed by atoms with Gasteiger partial charge in [-0.25, -0.2) is 4.99 Å². The summed E-state index contributed by atoms with van der Waals surface area (Å²) in [4.78, 5) is 4.58. The van der Waals surface area contributed by atoms with Crippen LogP contribution in [0, 0.1) is 0 Å². The Bertz CT molecular complexity index is 478. The molecule has 5 nitrogen and oxygen atoms in total. The van der Waals surface area contributed by atoms with Crippen LogP contribution in [0.25, 0.3) is 0 Å². The maximum Gasteiger partial charge on any atom is 0.191 e. The van der Waals surface area contributed by atoms with Gasteiger partial charge in [0.15, 0.2) is 17.5 Å². The smallest absolute Gasteiger partial charge is 0.191 e. The first-order chi connectivity index (χ1) is 10.2. The van der Waals surface area contributed by atoms with Crippen molar-refractivity contribution in [3.63, 3.8) is 0 Å². The van der Waals surface area contributed by atoms with Crippen molar-refractivity contribution in [2.24, 2.45) is 4.99 Å². The zero-order valence-corrected chi connectivity index (χ0v) is 14.7. The van der Waals surface area contributed by atoms with Crippen molar-refractivity contribution < 1.29 is 9.47 Å². The van der Waals surface area contributed by atoms with Gasteiger partial charge in [0, 0.05) is 17.6 Å². The van der Waals surface area contributed by atoms with E-state index in [2.05, 4.69) is 45.4 Å². The molecule has 118 valence electrons. The standard InChI is InChI=1S/C15H24BrN3O2/c1-5-7-18-15(17-6-2)19-10-11-8-13(20-3)14(21-4)9-12(11)16/h8-9H,5-7,10H2,1-4H3,(H2,17,18,19). The third kappa shape index (κ3) is 5.46. The van der Waals surface area contributed by atoms with Crippen molar-refractivity contribution in [2.45, 2.75) is 26.8 Å². The van der Waals surface area contributed by atoms with Gasteiger partial charge in [-0.05, 0) is 31.0 Å². The van der Waals surface area contributed by atoms with Crippen LogP contribution in [0.3, 0.4) is 0 Å². The molecule has 0 aromatic heterocycles. The lowest BCUT2D eigenvalue weighted by atomic mass is 10.2. The number of rotatable bonds is 7. The highest BCUT2D eigenvalue weighted by Crippen LogP contribution is 2.33. The molecule has 6 heteroatoms. The summed E-state index contributed by atoms with van der Waals surface area (Å²) in [7, 11) is 3.26. The molecule has 0 radical (unpaired) electrons. The fourth-order valence-corrected chi connectivity index (χ4v) is 2.21. The van der Waals surface area contributed by atoms with Crippen LogP contribution in [0.5, 0.6) is 11.5 Å². The lowest BCUT2D eigenvalue weighted by molar-refractivity contribution is 0.354. The number of nitrogens with one attached hydrogen (secondary N) is 2. The predicted molar refractivity (Wildman–Crippen MR) is 90.4 cm³/mol. The van der Waals surface area contributed by atoms with Gasteiger partial charge in [0.1, 0.15) is 0 Å². The van der Waals surface area contributed by atoms with Gasteiger partial charge in [-0.2, -0.15) is 0 Å². The Kier molecular flexibility index (Phi) is 7.97. The van der Waals surface area contributed by atoms with Gasteiger partial charge in [0.2, 0.25) is 0 Å². The van der Waals surface area contributed by atoms with E-state index >= 15 is 0 Å². The highest BCUT2D eigenvalue weighted by molar-refractivity contribution is 9.10. The number of hydrogen-bond donors (Lipinski definition) is 2. The Morgan fingerprint density at radius 1 is 1.14 bits per heavy atom. The van der Waals surface area contributed by atoms with Crippen LogP contribution in [-0.2, 0) is 6.54 Å². The van der Waals surface area contributed by atoms with E-state index in [0.717, 1.165) is 35.5 Å². The summed E-state index contributed by atoms with van der Waals surface area (Å²) in [6.45, 7) is 6.47. The molecule has 0 saturated heterocycles. The highest BCUT2D eigenvalue weighted by Gasteiger charge is 2.09. The number of methoxy groups -OCH3 is 2. The van der Waals surface area contributed by atoms with Gasteiger partial charge in [-0.3, -0.25) is 0 Å². The first-order valence-electron chi connectivity index (χ1n) is 7.08. The van der Waals surface area contributed by atoms with Crippen molar-refractivity contribution in [1.29, 1.82) is 0 Å². The van der Waals surface area contributed by atoms with E-state index < -0.39 is 0 Å². The molecule has 1 aromatic rings. The molecule has 1 aromatic carbocycles. The Morgan fingerprint density at radius 3 is 2.38 bits per heavy atom. The minimum Gasteiger partial charge on any atom is -0.493 e. The van der Waals surface area contributed by atoms with Crippen LogP contribution in [-0.4, -0.2) is 33.3 Å². The van der Waals surface area contributed by atoms with E-state index in [0.29, 0.717) is 18.0 Å². The van der Waals surface area contributed by atoms with E-state index in [1.165, 1.54) is 0 Å². The van der Waals surface area contributed by atoms with Crippen LogP contribution in [0.2, 0.25) is 0 Å². The monoisotopic (exact) mass is 357 g/mol. The van der Waals surface area contributed by atoms with Gasteiger partial charge < -0.3 is 20.1 Å². The summed E-state index contributed by atoms with van der Waals surface area (Å²) in [6.07, 6.45) is 1.06. The molecule has 0 heterocycles. The minimum atomic E-state index is 0.556. The first-order valence-corrected chi connectivity index (χ1v) is 7.88. The second kappa shape index (κ2) is 9.50. The molecule has 0 fully saturated rings. The lowest BCUT2D eigenvalue weighted by Crippen LogP contribution is -2.37. The Hall–Kier alpha value is -1.43. The summed E-state index contributed by atoms with van der Waals surface area (Å²) in [5, 5.41) is 6.50. The number of hydrogen-bond acceptors (Lipinski definition) is 3. The van der Waals surface area contributed by atoms with Gasteiger partial charge in [0.05, 0.1) is 20.8 Å². The number of halogens is 1. The van der Waals surface area contributed by atoms with Crippen molar-refractivity contribution >= 4 is 21.9 Å². The molecule has 0 aliphatic carbocycles. The molecule has 0 atom stereocenters. The number of nitrogens with zero attached hydrogens (tertiary/aromatic N) is 1. The van der Waals surface area contributed by atoms with Gasteiger partial charge in [-0.15, -0.1) is 0 Å². The molecule has 0 aliphatic rings. The molecule has 0 amide bonds. The Balaban J connectivity index is 2.89. The second-order valence-corrected chi connectivity index (χ2v) is 5.27. The van der Waals surface area contributed by atoms with E-state index in [1.54, 1.807) is 14.2 Å². The number of benzene rings is 1. The second-order valence-electron chi connectivity index (χ2n) is 4.42. The molecule has 0 aliphatic heterocycles. The largest absolute Gasteiger partial charge is 0.493 e. The zero-order chi connectivity index (χ0) is 15.7. The van der Waals surface area contributed by atoms with Gasteiger partial charge >= 0.3 is 0 Å². The quantitative estimate of drug-likeness (QED) is 0.581. The highest BCUT2D eigenvalue weighted by atomic mass is 79.9. The average Bonchev–Trinajstić information content (AvgIpc) is 2.50. The van der Waals surface area contributed by atoms with Crippen LogP contribution < -0.4 is 20.1 Å². The molecule has 2 N–H and O–H groups in total. The molecule has 1 rings (SSSR count). The van der Waals surface area contributed by atoms with E-state index in [-0.39, 0.29) is 0 Å². The van der Waals surface area contributed by atoms with Crippen molar-refractivity contribution in [1.82, 2.24) is 10.6 Å². The Labute approximate surface area is 135 Å². The summed E-state index contributed by atoms with van der Waals surface area (Å²) in [5.74, 6) is 2.23. The Morgan fingerprint density at radius 2 is 1.81 bits per heavy atom. The molecule has 0 saturated carbocycles. The topological polar surface area (TPSA) is 54.9 Å². The fraction of sp³-hybridized carbons (Fsp3) is 0.533.